The van der Waals surface area contributed by atoms with Gasteiger partial charge in [-0.25, -0.2) is 18.3 Å². The van der Waals surface area contributed by atoms with E-state index >= 15 is 4.39 Å². The van der Waals surface area contributed by atoms with Crippen molar-refractivity contribution in [1.82, 2.24) is 19.9 Å². The molecule has 5 aromatic rings. The normalized spacial score (nSPS) is 11.6. The molecule has 40 heavy (non-hydrogen) atoms. The molecular formula is C28H22F2N6O3S. The SMILES string of the molecule is CN/C(C)=C(\C(=O)Nc1ccc(F)cc1)C(=O)Nc1ccc(Oc2ccnn3ccc(-c4nccs4)c23)c(F)c1. The van der Waals surface area contributed by atoms with E-state index in [2.05, 4.69) is 26.0 Å². The van der Waals surface area contributed by atoms with Crippen molar-refractivity contribution in [2.75, 3.05) is 17.7 Å². The van der Waals surface area contributed by atoms with Gasteiger partial charge in [-0.15, -0.1) is 11.3 Å². The minimum atomic E-state index is -0.767. The third-order valence-corrected chi connectivity index (χ3v) is 6.70. The maximum Gasteiger partial charge on any atom is 0.263 e. The van der Waals surface area contributed by atoms with Crippen LogP contribution in [0, 0.1) is 11.6 Å². The molecule has 9 nitrogen and oxygen atoms in total. The number of nitrogens with one attached hydrogen (secondary N) is 3. The fourth-order valence-electron chi connectivity index (χ4n) is 3.90. The van der Waals surface area contributed by atoms with Gasteiger partial charge < -0.3 is 20.7 Å². The third kappa shape index (κ3) is 5.52. The number of carbonyl (C=O) groups excluding carboxylic acids is 2. The molecule has 12 heteroatoms. The van der Waals surface area contributed by atoms with Gasteiger partial charge in [0, 0.05) is 59.6 Å². The number of rotatable bonds is 8. The molecule has 3 heterocycles. The van der Waals surface area contributed by atoms with Gasteiger partial charge in [0.05, 0.1) is 6.20 Å². The van der Waals surface area contributed by atoms with Crippen molar-refractivity contribution in [3.8, 4) is 22.1 Å². The zero-order valence-electron chi connectivity index (χ0n) is 21.2. The molecule has 0 aliphatic carbocycles. The first-order chi connectivity index (χ1) is 19.3. The first-order valence-electron chi connectivity index (χ1n) is 11.9. The molecule has 202 valence electrons. The molecular weight excluding hydrogens is 538 g/mol. The van der Waals surface area contributed by atoms with Crippen molar-refractivity contribution in [1.29, 1.82) is 0 Å². The van der Waals surface area contributed by atoms with E-state index in [1.54, 1.807) is 36.9 Å². The lowest BCUT2D eigenvalue weighted by atomic mass is 10.1. The second-order valence-corrected chi connectivity index (χ2v) is 9.36. The maximum absolute atomic E-state index is 15.1. The summed E-state index contributed by atoms with van der Waals surface area (Å²) in [6, 6.07) is 12.5. The summed E-state index contributed by atoms with van der Waals surface area (Å²) in [7, 11) is 1.56. The molecule has 0 atom stereocenters. The molecule has 2 amide bonds. The molecule has 5 rings (SSSR count). The molecule has 0 unspecified atom stereocenters. The Balaban J connectivity index is 1.36. The molecule has 3 aromatic heterocycles. The Morgan fingerprint density at radius 2 is 1.65 bits per heavy atom. The van der Waals surface area contributed by atoms with Crippen LogP contribution in [0.3, 0.4) is 0 Å². The monoisotopic (exact) mass is 560 g/mol. The van der Waals surface area contributed by atoms with Crippen LogP contribution in [0.2, 0.25) is 0 Å². The number of halogens is 2. The fraction of sp³-hybridized carbons (Fsp3) is 0.0714. The molecule has 0 fully saturated rings. The van der Waals surface area contributed by atoms with Crippen LogP contribution in [0.15, 0.2) is 89.8 Å². The largest absolute Gasteiger partial charge is 0.452 e. The maximum atomic E-state index is 15.1. The zero-order chi connectivity index (χ0) is 28.2. The first-order valence-corrected chi connectivity index (χ1v) is 12.8. The quantitative estimate of drug-likeness (QED) is 0.130. The van der Waals surface area contributed by atoms with Crippen molar-refractivity contribution in [2.24, 2.45) is 0 Å². The Hall–Kier alpha value is -5.10. The highest BCUT2D eigenvalue weighted by molar-refractivity contribution is 7.13. The predicted octanol–water partition coefficient (Wildman–Crippen LogP) is 5.60. The Morgan fingerprint density at radius 3 is 2.33 bits per heavy atom. The smallest absolute Gasteiger partial charge is 0.263 e. The van der Waals surface area contributed by atoms with Gasteiger partial charge in [0.15, 0.2) is 17.3 Å². The van der Waals surface area contributed by atoms with Crippen LogP contribution in [0.4, 0.5) is 20.2 Å². The van der Waals surface area contributed by atoms with Crippen molar-refractivity contribution in [3.05, 3.63) is 101 Å². The molecule has 0 saturated carbocycles. The van der Waals surface area contributed by atoms with Crippen LogP contribution in [-0.2, 0) is 9.59 Å². The number of anilines is 2. The topological polar surface area (TPSA) is 110 Å². The number of thiazole rings is 1. The second kappa shape index (κ2) is 11.3. The molecule has 0 radical (unpaired) electrons. The van der Waals surface area contributed by atoms with Gasteiger partial charge in [0.25, 0.3) is 11.8 Å². The predicted molar refractivity (Wildman–Crippen MR) is 148 cm³/mol. The van der Waals surface area contributed by atoms with Crippen molar-refractivity contribution in [2.45, 2.75) is 6.92 Å². The number of aromatic nitrogens is 3. The highest BCUT2D eigenvalue weighted by Gasteiger charge is 2.23. The summed E-state index contributed by atoms with van der Waals surface area (Å²) in [5.74, 6) is -2.39. The second-order valence-electron chi connectivity index (χ2n) is 8.47. The Morgan fingerprint density at radius 1 is 0.925 bits per heavy atom. The molecule has 3 N–H and O–H groups in total. The summed E-state index contributed by atoms with van der Waals surface area (Å²) in [6.07, 6.45) is 4.99. The van der Waals surface area contributed by atoms with Crippen LogP contribution in [0.25, 0.3) is 16.1 Å². The van der Waals surface area contributed by atoms with E-state index in [0.717, 1.165) is 16.6 Å². The highest BCUT2D eigenvalue weighted by Crippen LogP contribution is 2.36. The average molecular weight is 561 g/mol. The number of nitrogens with zero attached hydrogens (tertiary/aromatic N) is 3. The third-order valence-electron chi connectivity index (χ3n) is 5.90. The van der Waals surface area contributed by atoms with E-state index in [0.29, 0.717) is 17.0 Å². The number of allylic oxidation sites excluding steroid dienone is 1. The van der Waals surface area contributed by atoms with Gasteiger partial charge in [0.1, 0.15) is 21.9 Å². The van der Waals surface area contributed by atoms with Crippen LogP contribution in [0.5, 0.6) is 11.5 Å². The van der Waals surface area contributed by atoms with Gasteiger partial charge in [-0.05, 0) is 49.4 Å². The lowest BCUT2D eigenvalue weighted by Gasteiger charge is -2.14. The molecule has 2 aromatic carbocycles. The number of ether oxygens (including phenoxy) is 1. The van der Waals surface area contributed by atoms with Gasteiger partial charge in [-0.2, -0.15) is 5.10 Å². The first kappa shape index (κ1) is 26.5. The number of amides is 2. The van der Waals surface area contributed by atoms with Crippen LogP contribution >= 0.6 is 11.3 Å². The standard InChI is InChI=1S/C28H22F2N6O3S/c1-16(31-2)24(26(37)34-18-5-3-17(29)4-6-18)27(38)35-19-7-8-22(21(30)15-19)39-23-9-11-33-36-13-10-20(25(23)36)28-32-12-14-40-28/h3-15,31H,1-2H3,(H,34,37)(H,35,38)/b24-16+. The van der Waals surface area contributed by atoms with E-state index in [-0.39, 0.29) is 22.7 Å². The molecule has 0 spiro atoms. The minimum Gasteiger partial charge on any atom is -0.452 e. The van der Waals surface area contributed by atoms with Gasteiger partial charge in [-0.3, -0.25) is 9.59 Å². The number of hydrogen-bond acceptors (Lipinski definition) is 7. The van der Waals surface area contributed by atoms with E-state index in [1.807, 2.05) is 11.4 Å². The van der Waals surface area contributed by atoms with Crippen LogP contribution in [-0.4, -0.2) is 33.5 Å². The Kier molecular flexibility index (Phi) is 7.51. The van der Waals surface area contributed by atoms with E-state index in [4.69, 9.17) is 4.74 Å². The molecule has 0 aliphatic rings. The highest BCUT2D eigenvalue weighted by atomic mass is 32.1. The Bertz CT molecular complexity index is 1730. The summed E-state index contributed by atoms with van der Waals surface area (Å²) < 4.78 is 35.9. The zero-order valence-corrected chi connectivity index (χ0v) is 22.1. The summed E-state index contributed by atoms with van der Waals surface area (Å²) in [6.45, 7) is 1.55. The minimum absolute atomic E-state index is 0.0754. The van der Waals surface area contributed by atoms with Gasteiger partial charge in [0.2, 0.25) is 0 Å². The van der Waals surface area contributed by atoms with Crippen molar-refractivity contribution < 1.29 is 23.1 Å². The lowest BCUT2D eigenvalue weighted by Crippen LogP contribution is -2.29. The van der Waals surface area contributed by atoms with E-state index in [9.17, 15) is 14.0 Å². The van der Waals surface area contributed by atoms with Crippen LogP contribution < -0.4 is 20.7 Å². The fourth-order valence-corrected chi connectivity index (χ4v) is 4.56. The van der Waals surface area contributed by atoms with Gasteiger partial charge in [-0.1, -0.05) is 0 Å². The van der Waals surface area contributed by atoms with E-state index < -0.39 is 23.4 Å². The van der Waals surface area contributed by atoms with E-state index in [1.165, 1.54) is 53.9 Å². The van der Waals surface area contributed by atoms with Crippen molar-refractivity contribution in [3.63, 3.8) is 0 Å². The average Bonchev–Trinajstić information content (AvgIpc) is 3.62. The van der Waals surface area contributed by atoms with Gasteiger partial charge >= 0.3 is 0 Å². The summed E-state index contributed by atoms with van der Waals surface area (Å²) in [5, 5.41) is 14.8. The number of carbonyl (C=O) groups is 2. The number of hydrogen-bond donors (Lipinski definition) is 3. The number of fused-ring (bicyclic) bond motifs is 1. The lowest BCUT2D eigenvalue weighted by molar-refractivity contribution is -0.118. The number of benzene rings is 2. The van der Waals surface area contributed by atoms with Crippen LogP contribution in [0.1, 0.15) is 6.92 Å². The van der Waals surface area contributed by atoms with Crippen molar-refractivity contribution >= 4 is 40.0 Å². The molecule has 0 aliphatic heterocycles. The molecule has 0 saturated heterocycles. The summed E-state index contributed by atoms with van der Waals surface area (Å²) in [4.78, 5) is 30.3. The summed E-state index contributed by atoms with van der Waals surface area (Å²) in [5.41, 5.74) is 1.88. The Labute approximate surface area is 231 Å². The summed E-state index contributed by atoms with van der Waals surface area (Å²) >= 11 is 1.46. The molecule has 0 bridgehead atoms.